The first-order valence-corrected chi connectivity index (χ1v) is 5.38. The summed E-state index contributed by atoms with van der Waals surface area (Å²) in [5, 5.41) is 0. The smallest absolute Gasteiger partial charge is 0.00514 e. The normalized spacial score (nSPS) is 12.7. The van der Waals surface area contributed by atoms with Gasteiger partial charge in [-0.1, -0.05) is 37.3 Å². The van der Waals surface area contributed by atoms with Gasteiger partial charge in [0, 0.05) is 0 Å². The second-order valence-electron chi connectivity index (χ2n) is 3.89. The van der Waals surface area contributed by atoms with Crippen LogP contribution in [0.15, 0.2) is 30.3 Å². The molecular formula is C13H20N. The SMILES string of the molecule is CC(CN)C[CH]CCc1ccccc1. The second-order valence-corrected chi connectivity index (χ2v) is 3.89. The molecular weight excluding hydrogens is 170 g/mol. The number of unbranched alkanes of at least 4 members (excludes halogenated alkanes) is 1. The van der Waals surface area contributed by atoms with E-state index in [1.54, 1.807) is 0 Å². The zero-order chi connectivity index (χ0) is 10.2. The number of benzene rings is 1. The highest BCUT2D eigenvalue weighted by atomic mass is 14.5. The van der Waals surface area contributed by atoms with Crippen LogP contribution in [0.25, 0.3) is 0 Å². The molecule has 1 radical (unpaired) electrons. The molecule has 0 fully saturated rings. The van der Waals surface area contributed by atoms with E-state index in [-0.39, 0.29) is 0 Å². The maximum Gasteiger partial charge on any atom is -0.00514 e. The average Bonchev–Trinajstić information content (AvgIpc) is 2.25. The molecule has 0 saturated carbocycles. The zero-order valence-electron chi connectivity index (χ0n) is 8.95. The Morgan fingerprint density at radius 3 is 2.64 bits per heavy atom. The van der Waals surface area contributed by atoms with Crippen molar-refractivity contribution in [2.24, 2.45) is 11.7 Å². The Balaban J connectivity index is 2.10. The molecule has 0 spiro atoms. The molecule has 1 unspecified atom stereocenters. The van der Waals surface area contributed by atoms with Crippen molar-refractivity contribution in [1.29, 1.82) is 0 Å². The summed E-state index contributed by atoms with van der Waals surface area (Å²) in [5.74, 6) is 0.630. The van der Waals surface area contributed by atoms with Crippen molar-refractivity contribution >= 4 is 0 Å². The van der Waals surface area contributed by atoms with Gasteiger partial charge in [0.25, 0.3) is 0 Å². The molecule has 77 valence electrons. The van der Waals surface area contributed by atoms with Crippen molar-refractivity contribution in [3.63, 3.8) is 0 Å². The molecule has 0 aliphatic rings. The fraction of sp³-hybridized carbons (Fsp3) is 0.462. The quantitative estimate of drug-likeness (QED) is 0.686. The predicted octanol–water partition coefficient (Wildman–Crippen LogP) is 2.81. The van der Waals surface area contributed by atoms with E-state index in [1.165, 1.54) is 5.56 Å². The lowest BCUT2D eigenvalue weighted by atomic mass is 10.0. The van der Waals surface area contributed by atoms with Crippen LogP contribution < -0.4 is 5.73 Å². The van der Waals surface area contributed by atoms with Crippen LogP contribution in [0.5, 0.6) is 0 Å². The minimum atomic E-state index is 0.630. The van der Waals surface area contributed by atoms with E-state index in [0.29, 0.717) is 5.92 Å². The highest BCUT2D eigenvalue weighted by Crippen LogP contribution is 2.09. The van der Waals surface area contributed by atoms with Gasteiger partial charge in [-0.2, -0.15) is 0 Å². The lowest BCUT2D eigenvalue weighted by molar-refractivity contribution is 0.573. The van der Waals surface area contributed by atoms with E-state index in [9.17, 15) is 0 Å². The Morgan fingerprint density at radius 1 is 1.29 bits per heavy atom. The monoisotopic (exact) mass is 190 g/mol. The molecule has 2 N–H and O–H groups in total. The topological polar surface area (TPSA) is 26.0 Å². The Kier molecular flexibility index (Phi) is 5.31. The third-order valence-electron chi connectivity index (χ3n) is 2.45. The highest BCUT2D eigenvalue weighted by molar-refractivity contribution is 5.14. The van der Waals surface area contributed by atoms with Crippen LogP contribution in [0.4, 0.5) is 0 Å². The van der Waals surface area contributed by atoms with Crippen molar-refractivity contribution in [3.05, 3.63) is 42.3 Å². The van der Waals surface area contributed by atoms with Gasteiger partial charge in [0.1, 0.15) is 0 Å². The van der Waals surface area contributed by atoms with Crippen LogP contribution in [-0.2, 0) is 6.42 Å². The molecule has 1 aromatic rings. The second kappa shape index (κ2) is 6.61. The molecule has 0 aliphatic heterocycles. The molecule has 0 amide bonds. The van der Waals surface area contributed by atoms with Crippen LogP contribution in [0.1, 0.15) is 25.3 Å². The van der Waals surface area contributed by atoms with Gasteiger partial charge in [-0.3, -0.25) is 0 Å². The van der Waals surface area contributed by atoms with Crippen molar-refractivity contribution in [3.8, 4) is 0 Å². The van der Waals surface area contributed by atoms with Crippen LogP contribution in [0.2, 0.25) is 0 Å². The summed E-state index contributed by atoms with van der Waals surface area (Å²) in [7, 11) is 0. The van der Waals surface area contributed by atoms with Gasteiger partial charge < -0.3 is 5.73 Å². The summed E-state index contributed by atoms with van der Waals surface area (Å²) < 4.78 is 0. The van der Waals surface area contributed by atoms with Crippen molar-refractivity contribution in [2.75, 3.05) is 6.54 Å². The van der Waals surface area contributed by atoms with Crippen LogP contribution in [-0.4, -0.2) is 6.54 Å². The number of rotatable bonds is 6. The summed E-state index contributed by atoms with van der Waals surface area (Å²) in [6, 6.07) is 10.6. The molecule has 1 aromatic carbocycles. The first-order chi connectivity index (χ1) is 6.83. The van der Waals surface area contributed by atoms with Crippen molar-refractivity contribution in [2.45, 2.75) is 26.2 Å². The van der Waals surface area contributed by atoms with Gasteiger partial charge in [0.05, 0.1) is 0 Å². The van der Waals surface area contributed by atoms with E-state index in [2.05, 4.69) is 43.7 Å². The van der Waals surface area contributed by atoms with Crippen molar-refractivity contribution < 1.29 is 0 Å². The first-order valence-electron chi connectivity index (χ1n) is 5.38. The number of hydrogen-bond acceptors (Lipinski definition) is 1. The van der Waals surface area contributed by atoms with E-state index >= 15 is 0 Å². The Labute approximate surface area is 87.3 Å². The van der Waals surface area contributed by atoms with Gasteiger partial charge in [-0.25, -0.2) is 0 Å². The summed E-state index contributed by atoms with van der Waals surface area (Å²) in [6.45, 7) is 2.99. The minimum Gasteiger partial charge on any atom is -0.330 e. The van der Waals surface area contributed by atoms with Crippen LogP contribution >= 0.6 is 0 Å². The summed E-state index contributed by atoms with van der Waals surface area (Å²) in [4.78, 5) is 0. The number of hydrogen-bond donors (Lipinski definition) is 1. The summed E-state index contributed by atoms with van der Waals surface area (Å²) in [5.41, 5.74) is 6.97. The van der Waals surface area contributed by atoms with Crippen LogP contribution in [0, 0.1) is 12.3 Å². The summed E-state index contributed by atoms with van der Waals surface area (Å²) in [6.07, 6.45) is 5.81. The van der Waals surface area contributed by atoms with Gasteiger partial charge in [-0.05, 0) is 43.7 Å². The van der Waals surface area contributed by atoms with E-state index in [1.807, 2.05) is 0 Å². The third-order valence-corrected chi connectivity index (χ3v) is 2.45. The van der Waals surface area contributed by atoms with Crippen LogP contribution in [0.3, 0.4) is 0 Å². The Bertz CT molecular complexity index is 230. The van der Waals surface area contributed by atoms with E-state index < -0.39 is 0 Å². The number of aryl methyl sites for hydroxylation is 1. The van der Waals surface area contributed by atoms with Crippen molar-refractivity contribution in [1.82, 2.24) is 0 Å². The molecule has 1 nitrogen and oxygen atoms in total. The molecule has 0 bridgehead atoms. The zero-order valence-corrected chi connectivity index (χ0v) is 8.95. The standard InChI is InChI=1S/C13H20N/c1-12(11-14)7-5-6-10-13-8-3-2-4-9-13/h2-5,8-9,12H,6-7,10-11,14H2,1H3. The van der Waals surface area contributed by atoms with E-state index in [4.69, 9.17) is 5.73 Å². The summed E-state index contributed by atoms with van der Waals surface area (Å²) >= 11 is 0. The Morgan fingerprint density at radius 2 is 2.00 bits per heavy atom. The Hall–Kier alpha value is -0.820. The molecule has 0 saturated heterocycles. The minimum absolute atomic E-state index is 0.630. The maximum absolute atomic E-state index is 5.55. The molecule has 1 heteroatoms. The highest BCUT2D eigenvalue weighted by Gasteiger charge is 1.98. The molecule has 0 aliphatic carbocycles. The van der Waals surface area contributed by atoms with Gasteiger partial charge in [0.2, 0.25) is 0 Å². The largest absolute Gasteiger partial charge is 0.330 e. The molecule has 1 rings (SSSR count). The average molecular weight is 190 g/mol. The third kappa shape index (κ3) is 4.43. The number of nitrogens with two attached hydrogens (primary N) is 1. The molecule has 0 aromatic heterocycles. The predicted molar refractivity (Wildman–Crippen MR) is 61.9 cm³/mol. The van der Waals surface area contributed by atoms with Gasteiger partial charge in [-0.15, -0.1) is 0 Å². The van der Waals surface area contributed by atoms with Gasteiger partial charge >= 0.3 is 0 Å². The fourth-order valence-corrected chi connectivity index (χ4v) is 1.41. The first kappa shape index (κ1) is 11.3. The lowest BCUT2D eigenvalue weighted by Crippen LogP contribution is -2.10. The fourth-order valence-electron chi connectivity index (χ4n) is 1.41. The van der Waals surface area contributed by atoms with E-state index in [0.717, 1.165) is 25.8 Å². The molecule has 14 heavy (non-hydrogen) atoms. The maximum atomic E-state index is 5.55. The van der Waals surface area contributed by atoms with Gasteiger partial charge in [0.15, 0.2) is 0 Å². The molecule has 0 heterocycles. The lowest BCUT2D eigenvalue weighted by Gasteiger charge is -2.07. The molecule has 1 atom stereocenters.